The molecular formula is C25H27N3O3. The molecule has 6 heteroatoms. The van der Waals surface area contributed by atoms with Gasteiger partial charge in [0.25, 0.3) is 0 Å². The zero-order valence-corrected chi connectivity index (χ0v) is 18.0. The predicted molar refractivity (Wildman–Crippen MR) is 119 cm³/mol. The zero-order chi connectivity index (χ0) is 21.2. The van der Waals surface area contributed by atoms with E-state index in [1.54, 1.807) is 0 Å². The topological polar surface area (TPSA) is 64.5 Å². The molecule has 31 heavy (non-hydrogen) atoms. The second kappa shape index (κ2) is 8.55. The maximum Gasteiger partial charge on any atom is 0.226 e. The normalized spacial score (nSPS) is 17.3. The van der Waals surface area contributed by atoms with Gasteiger partial charge in [-0.15, -0.1) is 0 Å². The Labute approximate surface area is 181 Å². The van der Waals surface area contributed by atoms with E-state index in [1.165, 1.54) is 0 Å². The summed E-state index contributed by atoms with van der Waals surface area (Å²) >= 11 is 0. The maximum atomic E-state index is 6.04. The molecule has 6 nitrogen and oxygen atoms in total. The third kappa shape index (κ3) is 4.21. The fraction of sp³-hybridized carbons (Fsp3) is 0.360. The number of aryl methyl sites for hydroxylation is 1. The van der Waals surface area contributed by atoms with Gasteiger partial charge in [-0.1, -0.05) is 12.1 Å². The van der Waals surface area contributed by atoms with Gasteiger partial charge in [0.1, 0.15) is 17.0 Å². The molecule has 0 aliphatic carbocycles. The van der Waals surface area contributed by atoms with Gasteiger partial charge in [-0.2, -0.15) is 0 Å². The SMILES string of the molecule is CCOc1ccc(-c2nc(CN3CCCC(c4nc5ccccc5o4)C3)c(C)o2)cc1. The van der Waals surface area contributed by atoms with E-state index in [2.05, 4.69) is 4.90 Å². The highest BCUT2D eigenvalue weighted by Gasteiger charge is 2.26. The zero-order valence-electron chi connectivity index (χ0n) is 18.0. The number of fused-ring (bicyclic) bond motifs is 1. The Hall–Kier alpha value is -3.12. The van der Waals surface area contributed by atoms with E-state index < -0.39 is 0 Å². The lowest BCUT2D eigenvalue weighted by Gasteiger charge is -2.30. The van der Waals surface area contributed by atoms with Crippen molar-refractivity contribution < 1.29 is 13.6 Å². The Morgan fingerprint density at radius 1 is 1.06 bits per heavy atom. The van der Waals surface area contributed by atoms with Crippen LogP contribution in [0, 0.1) is 6.92 Å². The number of oxazole rings is 2. The van der Waals surface area contributed by atoms with Crippen LogP contribution in [0.1, 0.15) is 43.0 Å². The number of para-hydroxylation sites is 2. The Morgan fingerprint density at radius 2 is 1.90 bits per heavy atom. The van der Waals surface area contributed by atoms with Gasteiger partial charge < -0.3 is 13.6 Å². The Kier molecular flexibility index (Phi) is 5.47. The van der Waals surface area contributed by atoms with Crippen LogP contribution in [0.5, 0.6) is 5.75 Å². The lowest BCUT2D eigenvalue weighted by Crippen LogP contribution is -2.34. The minimum atomic E-state index is 0.305. The molecule has 0 saturated carbocycles. The van der Waals surface area contributed by atoms with Crippen LogP contribution in [0.2, 0.25) is 0 Å². The van der Waals surface area contributed by atoms with E-state index in [-0.39, 0.29) is 0 Å². The van der Waals surface area contributed by atoms with Gasteiger partial charge in [0.15, 0.2) is 11.5 Å². The molecule has 0 amide bonds. The van der Waals surface area contributed by atoms with Gasteiger partial charge in [0.05, 0.1) is 12.3 Å². The number of nitrogens with zero attached hydrogens (tertiary/aromatic N) is 3. The fourth-order valence-corrected chi connectivity index (χ4v) is 4.24. The highest BCUT2D eigenvalue weighted by atomic mass is 16.5. The first-order valence-electron chi connectivity index (χ1n) is 11.0. The molecule has 3 heterocycles. The summed E-state index contributed by atoms with van der Waals surface area (Å²) in [5.41, 5.74) is 3.74. The van der Waals surface area contributed by atoms with E-state index in [0.717, 1.165) is 72.2 Å². The quantitative estimate of drug-likeness (QED) is 0.409. The van der Waals surface area contributed by atoms with Gasteiger partial charge in [-0.25, -0.2) is 9.97 Å². The van der Waals surface area contributed by atoms with Crippen molar-refractivity contribution in [1.29, 1.82) is 0 Å². The first kappa shape index (κ1) is 19.8. The number of ether oxygens (including phenoxy) is 1. The number of benzene rings is 2. The Morgan fingerprint density at radius 3 is 2.71 bits per heavy atom. The molecule has 2 aromatic carbocycles. The van der Waals surface area contributed by atoms with E-state index >= 15 is 0 Å². The first-order chi connectivity index (χ1) is 15.2. The minimum absolute atomic E-state index is 0.305. The van der Waals surface area contributed by atoms with Crippen molar-refractivity contribution in [1.82, 2.24) is 14.9 Å². The molecular weight excluding hydrogens is 390 g/mol. The molecule has 5 rings (SSSR count). The number of hydrogen-bond acceptors (Lipinski definition) is 6. The molecule has 4 aromatic rings. The van der Waals surface area contributed by atoms with Crippen LogP contribution in [0.4, 0.5) is 0 Å². The molecule has 1 aliphatic heterocycles. The van der Waals surface area contributed by atoms with Gasteiger partial charge in [-0.3, -0.25) is 4.90 Å². The third-order valence-electron chi connectivity index (χ3n) is 5.84. The summed E-state index contributed by atoms with van der Waals surface area (Å²) in [6, 6.07) is 15.9. The number of hydrogen-bond donors (Lipinski definition) is 0. The van der Waals surface area contributed by atoms with Gasteiger partial charge in [-0.05, 0) is 69.6 Å². The summed E-state index contributed by atoms with van der Waals surface area (Å²) in [6.45, 7) is 7.35. The Balaban J connectivity index is 1.29. The Bertz CT molecular complexity index is 1130. The van der Waals surface area contributed by atoms with Crippen LogP contribution in [0.25, 0.3) is 22.6 Å². The fourth-order valence-electron chi connectivity index (χ4n) is 4.24. The summed E-state index contributed by atoms with van der Waals surface area (Å²) in [7, 11) is 0. The largest absolute Gasteiger partial charge is 0.494 e. The summed E-state index contributed by atoms with van der Waals surface area (Å²) in [5.74, 6) is 3.53. The standard InChI is InChI=1S/C25H27N3O3/c1-3-29-20-12-10-18(11-13-20)24-27-22(17(2)30-24)16-28-14-6-7-19(15-28)25-26-21-8-4-5-9-23(21)31-25/h4-5,8-13,19H,3,6-7,14-16H2,1-2H3. The van der Waals surface area contributed by atoms with Gasteiger partial charge in [0.2, 0.25) is 5.89 Å². The average molecular weight is 418 g/mol. The second-order valence-electron chi connectivity index (χ2n) is 8.07. The van der Waals surface area contributed by atoms with E-state index in [0.29, 0.717) is 18.4 Å². The summed E-state index contributed by atoms with van der Waals surface area (Å²) in [4.78, 5) is 11.9. The summed E-state index contributed by atoms with van der Waals surface area (Å²) in [5, 5.41) is 0. The van der Waals surface area contributed by atoms with E-state index in [4.69, 9.17) is 23.5 Å². The van der Waals surface area contributed by atoms with Crippen molar-refractivity contribution in [3.05, 3.63) is 65.9 Å². The highest BCUT2D eigenvalue weighted by Crippen LogP contribution is 2.31. The lowest BCUT2D eigenvalue weighted by molar-refractivity contribution is 0.185. The van der Waals surface area contributed by atoms with Crippen LogP contribution in [-0.4, -0.2) is 34.6 Å². The highest BCUT2D eigenvalue weighted by molar-refractivity contribution is 5.72. The van der Waals surface area contributed by atoms with Crippen molar-refractivity contribution >= 4 is 11.1 Å². The molecule has 1 atom stereocenters. The number of aromatic nitrogens is 2. The average Bonchev–Trinajstić information content (AvgIpc) is 3.39. The number of rotatable bonds is 6. The molecule has 0 N–H and O–H groups in total. The third-order valence-corrected chi connectivity index (χ3v) is 5.84. The minimum Gasteiger partial charge on any atom is -0.494 e. The van der Waals surface area contributed by atoms with E-state index in [1.807, 2.05) is 62.4 Å². The van der Waals surface area contributed by atoms with Gasteiger partial charge in [0, 0.05) is 24.6 Å². The molecule has 0 bridgehead atoms. The van der Waals surface area contributed by atoms with Crippen LogP contribution in [-0.2, 0) is 6.54 Å². The van der Waals surface area contributed by atoms with Crippen molar-refractivity contribution in [2.24, 2.45) is 0 Å². The van der Waals surface area contributed by atoms with Crippen molar-refractivity contribution in [3.8, 4) is 17.2 Å². The number of likely N-dealkylation sites (tertiary alicyclic amines) is 1. The predicted octanol–water partition coefficient (Wildman–Crippen LogP) is 5.57. The molecule has 1 aliphatic rings. The monoisotopic (exact) mass is 417 g/mol. The summed E-state index contributed by atoms with van der Waals surface area (Å²) < 4.78 is 17.5. The smallest absolute Gasteiger partial charge is 0.226 e. The molecule has 160 valence electrons. The molecule has 1 unspecified atom stereocenters. The second-order valence-corrected chi connectivity index (χ2v) is 8.07. The van der Waals surface area contributed by atoms with Crippen molar-refractivity contribution in [2.45, 2.75) is 39.2 Å². The van der Waals surface area contributed by atoms with Crippen molar-refractivity contribution in [3.63, 3.8) is 0 Å². The number of piperidine rings is 1. The maximum absolute atomic E-state index is 6.04. The van der Waals surface area contributed by atoms with Gasteiger partial charge >= 0.3 is 0 Å². The lowest BCUT2D eigenvalue weighted by atomic mass is 9.98. The summed E-state index contributed by atoms with van der Waals surface area (Å²) in [6.07, 6.45) is 2.21. The molecule has 0 spiro atoms. The molecule has 1 saturated heterocycles. The molecule has 2 aromatic heterocycles. The molecule has 0 radical (unpaired) electrons. The van der Waals surface area contributed by atoms with Crippen molar-refractivity contribution in [2.75, 3.05) is 19.7 Å². The first-order valence-corrected chi connectivity index (χ1v) is 11.0. The van der Waals surface area contributed by atoms with Crippen LogP contribution >= 0.6 is 0 Å². The molecule has 1 fully saturated rings. The van der Waals surface area contributed by atoms with Crippen LogP contribution in [0.15, 0.2) is 57.4 Å². The van der Waals surface area contributed by atoms with Crippen LogP contribution in [0.3, 0.4) is 0 Å². The van der Waals surface area contributed by atoms with Crippen LogP contribution < -0.4 is 4.74 Å². The van der Waals surface area contributed by atoms with E-state index in [9.17, 15) is 0 Å².